The van der Waals surface area contributed by atoms with Gasteiger partial charge < -0.3 is 4.90 Å². The molecule has 1 saturated heterocycles. The van der Waals surface area contributed by atoms with Gasteiger partial charge in [-0.3, -0.25) is 3.97 Å². The topological polar surface area (TPSA) is 24.3 Å². The van der Waals surface area contributed by atoms with Gasteiger partial charge in [0.1, 0.15) is 5.15 Å². The lowest BCUT2D eigenvalue weighted by Crippen LogP contribution is -2.41. The Morgan fingerprint density at radius 3 is 2.74 bits per heavy atom. The highest BCUT2D eigenvalue weighted by Crippen LogP contribution is 2.29. The summed E-state index contributed by atoms with van der Waals surface area (Å²) in [6, 6.07) is 2.04. The quantitative estimate of drug-likeness (QED) is 0.628. The molecule has 0 saturated carbocycles. The van der Waals surface area contributed by atoms with E-state index >= 15 is 0 Å². The minimum atomic E-state index is 0.582. The first-order valence-corrected chi connectivity index (χ1v) is 7.50. The zero-order valence-electron chi connectivity index (χ0n) is 11.1. The van der Waals surface area contributed by atoms with E-state index < -0.39 is 0 Å². The van der Waals surface area contributed by atoms with E-state index in [1.807, 2.05) is 12.3 Å². The molecule has 0 spiro atoms. The molecule has 0 unspecified atom stereocenters. The number of fused-ring (bicyclic) bond motifs is 1. The second-order valence-electron chi connectivity index (χ2n) is 4.95. The van der Waals surface area contributed by atoms with Crippen molar-refractivity contribution in [2.75, 3.05) is 33.2 Å². The van der Waals surface area contributed by atoms with Gasteiger partial charge in [0.05, 0.1) is 5.52 Å². The lowest BCUT2D eigenvalue weighted by Gasteiger charge is -2.31. The van der Waals surface area contributed by atoms with Crippen molar-refractivity contribution in [3.8, 4) is 0 Å². The fraction of sp³-hybridized carbons (Fsp3) is 0.462. The fourth-order valence-corrected chi connectivity index (χ4v) is 3.53. The molecule has 0 N–H and O–H groups in total. The maximum atomic E-state index is 6.15. The highest BCUT2D eigenvalue weighted by atomic mass is 35.5. The molecule has 6 heteroatoms. The average molecular weight is 297 g/mol. The number of aryl methyl sites for hydroxylation is 1. The Morgan fingerprint density at radius 1 is 1.26 bits per heavy atom. The van der Waals surface area contributed by atoms with Crippen LogP contribution in [0.15, 0.2) is 18.5 Å². The largest absolute Gasteiger partial charge is 0.304 e. The first kappa shape index (κ1) is 13.2. The molecule has 0 amide bonds. The number of likely N-dealkylation sites (N-methyl/N-ethyl adjacent to an activating group) is 1. The number of aromatic nitrogens is 2. The van der Waals surface area contributed by atoms with E-state index in [2.05, 4.69) is 38.3 Å². The average Bonchev–Trinajstić information content (AvgIpc) is 2.82. The van der Waals surface area contributed by atoms with Crippen LogP contribution in [0.1, 0.15) is 5.56 Å². The Labute approximate surface area is 122 Å². The zero-order valence-corrected chi connectivity index (χ0v) is 12.7. The molecule has 2 aromatic rings. The first-order chi connectivity index (χ1) is 9.15. The van der Waals surface area contributed by atoms with E-state index in [1.165, 1.54) is 5.52 Å². The third kappa shape index (κ3) is 2.60. The van der Waals surface area contributed by atoms with Gasteiger partial charge in [0.25, 0.3) is 0 Å². The van der Waals surface area contributed by atoms with Crippen LogP contribution in [0.2, 0.25) is 5.15 Å². The molecule has 3 heterocycles. The van der Waals surface area contributed by atoms with Crippen molar-refractivity contribution >= 4 is 34.6 Å². The molecule has 0 aromatic carbocycles. The van der Waals surface area contributed by atoms with Gasteiger partial charge in [-0.25, -0.2) is 9.29 Å². The van der Waals surface area contributed by atoms with E-state index in [9.17, 15) is 0 Å². The second kappa shape index (κ2) is 5.32. The molecule has 1 aliphatic heterocycles. The second-order valence-corrected chi connectivity index (χ2v) is 6.38. The summed E-state index contributed by atoms with van der Waals surface area (Å²) in [5.41, 5.74) is 2.33. The van der Waals surface area contributed by atoms with Crippen LogP contribution in [0.5, 0.6) is 0 Å². The van der Waals surface area contributed by atoms with Crippen molar-refractivity contribution in [1.29, 1.82) is 0 Å². The number of hydrogen-bond donors (Lipinski definition) is 0. The molecule has 2 aromatic heterocycles. The summed E-state index contributed by atoms with van der Waals surface area (Å²) in [7, 11) is 2.17. The summed E-state index contributed by atoms with van der Waals surface area (Å²) in [5, 5.41) is 1.61. The number of pyridine rings is 1. The monoisotopic (exact) mass is 296 g/mol. The standard InChI is InChI=1S/C13H17ClN4S/c1-10-9-15-13(14)11-3-4-18(12(10)11)19-17-7-5-16(2)6-8-17/h3-4,9H,5-8H2,1-2H3. The van der Waals surface area contributed by atoms with Crippen LogP contribution < -0.4 is 0 Å². The van der Waals surface area contributed by atoms with Crippen LogP contribution in [0.4, 0.5) is 0 Å². The van der Waals surface area contributed by atoms with Crippen LogP contribution in [-0.4, -0.2) is 51.4 Å². The molecule has 102 valence electrons. The molecule has 19 heavy (non-hydrogen) atoms. The lowest BCUT2D eigenvalue weighted by atomic mass is 10.2. The van der Waals surface area contributed by atoms with Crippen molar-refractivity contribution in [2.24, 2.45) is 0 Å². The molecular formula is C13H17ClN4S. The SMILES string of the molecule is Cc1cnc(Cl)c2ccn(SN3CCN(C)CC3)c12. The summed E-state index contributed by atoms with van der Waals surface area (Å²) < 4.78 is 4.59. The highest BCUT2D eigenvalue weighted by molar-refractivity contribution is 7.95. The smallest absolute Gasteiger partial charge is 0.138 e. The Bertz CT molecular complexity index is 590. The molecule has 0 bridgehead atoms. The zero-order chi connectivity index (χ0) is 13.4. The third-order valence-corrected chi connectivity index (χ3v) is 4.86. The minimum absolute atomic E-state index is 0.582. The summed E-state index contributed by atoms with van der Waals surface area (Å²) in [6.45, 7) is 6.48. The molecular weight excluding hydrogens is 280 g/mol. The maximum Gasteiger partial charge on any atom is 0.138 e. The van der Waals surface area contributed by atoms with Crippen molar-refractivity contribution in [3.05, 3.63) is 29.2 Å². The Morgan fingerprint density at radius 2 is 2.00 bits per heavy atom. The van der Waals surface area contributed by atoms with E-state index in [-0.39, 0.29) is 0 Å². The Kier molecular flexibility index (Phi) is 3.71. The van der Waals surface area contributed by atoms with Crippen LogP contribution in [0, 0.1) is 6.92 Å². The molecule has 3 rings (SSSR count). The van der Waals surface area contributed by atoms with Crippen molar-refractivity contribution < 1.29 is 0 Å². The van der Waals surface area contributed by atoms with Gasteiger partial charge in [-0.05, 0) is 25.6 Å². The first-order valence-electron chi connectivity index (χ1n) is 6.39. The number of rotatable bonds is 2. The van der Waals surface area contributed by atoms with E-state index in [0.29, 0.717) is 5.15 Å². The van der Waals surface area contributed by atoms with Crippen molar-refractivity contribution in [3.63, 3.8) is 0 Å². The molecule has 0 atom stereocenters. The summed E-state index contributed by atoms with van der Waals surface area (Å²) in [6.07, 6.45) is 3.92. The van der Waals surface area contributed by atoms with Crippen molar-refractivity contribution in [1.82, 2.24) is 18.2 Å². The predicted molar refractivity (Wildman–Crippen MR) is 81.5 cm³/mol. The van der Waals surface area contributed by atoms with Crippen molar-refractivity contribution in [2.45, 2.75) is 6.92 Å². The number of hydrogen-bond acceptors (Lipinski definition) is 4. The number of piperazine rings is 1. The summed E-state index contributed by atoms with van der Waals surface area (Å²) >= 11 is 7.91. The Balaban J connectivity index is 1.87. The molecule has 4 nitrogen and oxygen atoms in total. The van der Waals surface area contributed by atoms with Gasteiger partial charge in [0, 0.05) is 56.1 Å². The van der Waals surface area contributed by atoms with Crippen LogP contribution in [-0.2, 0) is 0 Å². The van der Waals surface area contributed by atoms with Gasteiger partial charge in [-0.15, -0.1) is 0 Å². The van der Waals surface area contributed by atoms with Gasteiger partial charge in [0.2, 0.25) is 0 Å². The highest BCUT2D eigenvalue weighted by Gasteiger charge is 2.17. The maximum absolute atomic E-state index is 6.15. The van der Waals surface area contributed by atoms with E-state index in [0.717, 1.165) is 37.1 Å². The van der Waals surface area contributed by atoms with Gasteiger partial charge in [-0.1, -0.05) is 11.6 Å². The number of halogens is 1. The summed E-state index contributed by atoms with van der Waals surface area (Å²) in [4.78, 5) is 6.56. The fourth-order valence-electron chi connectivity index (χ4n) is 2.31. The van der Waals surface area contributed by atoms with Gasteiger partial charge in [-0.2, -0.15) is 0 Å². The third-order valence-electron chi connectivity index (χ3n) is 3.49. The number of nitrogens with zero attached hydrogens (tertiary/aromatic N) is 4. The predicted octanol–water partition coefficient (Wildman–Crippen LogP) is 2.66. The molecule has 1 fully saturated rings. The van der Waals surface area contributed by atoms with E-state index in [4.69, 9.17) is 11.6 Å². The minimum Gasteiger partial charge on any atom is -0.304 e. The van der Waals surface area contributed by atoms with Gasteiger partial charge >= 0.3 is 0 Å². The molecule has 1 aliphatic rings. The molecule has 0 aliphatic carbocycles. The van der Waals surface area contributed by atoms with Crippen LogP contribution in [0.3, 0.4) is 0 Å². The van der Waals surface area contributed by atoms with Gasteiger partial charge in [0.15, 0.2) is 0 Å². The van der Waals surface area contributed by atoms with Crippen LogP contribution in [0.25, 0.3) is 10.9 Å². The van der Waals surface area contributed by atoms with Crippen LogP contribution >= 0.6 is 23.7 Å². The Hall–Kier alpha value is -0.750. The normalized spacial score (nSPS) is 18.3. The molecule has 0 radical (unpaired) electrons. The summed E-state index contributed by atoms with van der Waals surface area (Å²) in [5.74, 6) is 0. The van der Waals surface area contributed by atoms with E-state index in [1.54, 1.807) is 12.1 Å². The lowest BCUT2D eigenvalue weighted by molar-refractivity contribution is 0.233.